The third-order valence-electron chi connectivity index (χ3n) is 3.34. The number of fused-ring (bicyclic) bond motifs is 1. The van der Waals surface area contributed by atoms with E-state index < -0.39 is 0 Å². The van der Waals surface area contributed by atoms with Gasteiger partial charge in [0, 0.05) is 17.1 Å². The molecule has 0 amide bonds. The van der Waals surface area contributed by atoms with Crippen LogP contribution in [-0.2, 0) is 13.1 Å². The Labute approximate surface area is 127 Å². The van der Waals surface area contributed by atoms with Gasteiger partial charge >= 0.3 is 0 Å². The number of aromatic nitrogens is 3. The minimum absolute atomic E-state index is 0.251. The summed E-state index contributed by atoms with van der Waals surface area (Å²) in [5, 5.41) is 5.43. The van der Waals surface area contributed by atoms with Gasteiger partial charge in [-0.25, -0.2) is 14.1 Å². The lowest BCUT2D eigenvalue weighted by Crippen LogP contribution is -2.06. The maximum Gasteiger partial charge on any atom is 0.158 e. The van der Waals surface area contributed by atoms with Crippen LogP contribution in [0.2, 0.25) is 0 Å². The molecule has 1 aromatic carbocycles. The van der Waals surface area contributed by atoms with Crippen molar-refractivity contribution in [2.45, 2.75) is 20.0 Å². The number of pyridine rings is 1. The first-order valence-electron chi connectivity index (χ1n) is 6.95. The van der Waals surface area contributed by atoms with Crippen LogP contribution in [0.5, 0.6) is 0 Å². The van der Waals surface area contributed by atoms with Crippen LogP contribution < -0.4 is 5.73 Å². The van der Waals surface area contributed by atoms with E-state index in [2.05, 4.69) is 15.1 Å². The number of hydrogen-bond donors (Lipinski definition) is 1. The van der Waals surface area contributed by atoms with Crippen molar-refractivity contribution >= 4 is 16.9 Å². The fourth-order valence-electron chi connectivity index (χ4n) is 2.29. The van der Waals surface area contributed by atoms with E-state index in [1.807, 2.05) is 12.1 Å². The summed E-state index contributed by atoms with van der Waals surface area (Å²) in [5.74, 6) is 0.250. The van der Waals surface area contributed by atoms with Crippen molar-refractivity contribution < 1.29 is 4.39 Å². The topological polar surface area (TPSA) is 69.1 Å². The van der Waals surface area contributed by atoms with Crippen molar-refractivity contribution in [3.05, 3.63) is 59.7 Å². The number of halogens is 1. The Bertz CT molecular complexity index is 833. The van der Waals surface area contributed by atoms with Gasteiger partial charge in [0.15, 0.2) is 5.65 Å². The second kappa shape index (κ2) is 5.93. The zero-order chi connectivity index (χ0) is 15.5. The summed E-state index contributed by atoms with van der Waals surface area (Å²) in [6.07, 6.45) is 1.70. The molecule has 0 saturated heterocycles. The zero-order valence-electron chi connectivity index (χ0n) is 12.2. The van der Waals surface area contributed by atoms with E-state index in [9.17, 15) is 4.39 Å². The SMILES string of the molecule is CC(N)=NCc1nn(Cc2ccccc2F)c2ncccc12. The number of rotatable bonds is 4. The number of nitrogens with zero attached hydrogens (tertiary/aromatic N) is 4. The third kappa shape index (κ3) is 2.81. The Morgan fingerprint density at radius 2 is 2.09 bits per heavy atom. The predicted molar refractivity (Wildman–Crippen MR) is 84.0 cm³/mol. The Kier molecular flexibility index (Phi) is 3.82. The van der Waals surface area contributed by atoms with Crippen molar-refractivity contribution in [3.63, 3.8) is 0 Å². The van der Waals surface area contributed by atoms with Gasteiger partial charge in [-0.2, -0.15) is 5.10 Å². The zero-order valence-corrected chi connectivity index (χ0v) is 12.2. The summed E-state index contributed by atoms with van der Waals surface area (Å²) < 4.78 is 15.5. The highest BCUT2D eigenvalue weighted by Crippen LogP contribution is 2.19. The van der Waals surface area contributed by atoms with E-state index >= 15 is 0 Å². The third-order valence-corrected chi connectivity index (χ3v) is 3.34. The van der Waals surface area contributed by atoms with Gasteiger partial charge in [-0.3, -0.25) is 4.99 Å². The molecule has 0 atom stereocenters. The lowest BCUT2D eigenvalue weighted by Gasteiger charge is -2.04. The summed E-state index contributed by atoms with van der Waals surface area (Å²) in [4.78, 5) is 8.55. The molecule has 0 aliphatic heterocycles. The average Bonchev–Trinajstić information content (AvgIpc) is 2.86. The maximum absolute atomic E-state index is 13.8. The molecule has 2 N–H and O–H groups in total. The summed E-state index contributed by atoms with van der Waals surface area (Å²) in [6, 6.07) is 10.4. The van der Waals surface area contributed by atoms with Gasteiger partial charge in [-0.05, 0) is 25.1 Å². The summed E-state index contributed by atoms with van der Waals surface area (Å²) in [5.41, 5.74) is 7.65. The highest BCUT2D eigenvalue weighted by atomic mass is 19.1. The molecule has 112 valence electrons. The summed E-state index contributed by atoms with van der Waals surface area (Å²) in [7, 11) is 0. The second-order valence-electron chi connectivity index (χ2n) is 5.03. The molecule has 0 fully saturated rings. The van der Waals surface area contributed by atoms with Gasteiger partial charge in [0.1, 0.15) is 5.82 Å². The normalized spacial score (nSPS) is 12.0. The number of aliphatic imine (C=N–C) groups is 1. The lowest BCUT2D eigenvalue weighted by molar-refractivity contribution is 0.587. The largest absolute Gasteiger partial charge is 0.388 e. The molecule has 0 aliphatic carbocycles. The molecule has 0 aliphatic rings. The van der Waals surface area contributed by atoms with E-state index in [1.54, 1.807) is 36.0 Å². The molecular weight excluding hydrogens is 281 g/mol. The first-order valence-corrected chi connectivity index (χ1v) is 6.95. The molecule has 2 aromatic heterocycles. The van der Waals surface area contributed by atoms with Gasteiger partial charge in [-0.1, -0.05) is 18.2 Å². The van der Waals surface area contributed by atoms with Crippen LogP contribution in [-0.4, -0.2) is 20.6 Å². The number of amidine groups is 1. The Hall–Kier alpha value is -2.76. The molecule has 0 spiro atoms. The van der Waals surface area contributed by atoms with Crippen LogP contribution >= 0.6 is 0 Å². The van der Waals surface area contributed by atoms with E-state index in [0.717, 1.165) is 11.1 Å². The minimum atomic E-state index is -0.251. The van der Waals surface area contributed by atoms with E-state index in [0.29, 0.717) is 30.1 Å². The molecule has 0 radical (unpaired) electrons. The van der Waals surface area contributed by atoms with Gasteiger partial charge in [-0.15, -0.1) is 0 Å². The molecule has 5 nitrogen and oxygen atoms in total. The first-order chi connectivity index (χ1) is 10.6. The molecule has 22 heavy (non-hydrogen) atoms. The first kappa shape index (κ1) is 14.2. The van der Waals surface area contributed by atoms with Crippen molar-refractivity contribution in [3.8, 4) is 0 Å². The molecular formula is C16H16FN5. The van der Waals surface area contributed by atoms with Crippen LogP contribution in [0.3, 0.4) is 0 Å². The van der Waals surface area contributed by atoms with Crippen LogP contribution in [0.15, 0.2) is 47.6 Å². The van der Waals surface area contributed by atoms with Gasteiger partial charge in [0.2, 0.25) is 0 Å². The second-order valence-corrected chi connectivity index (χ2v) is 5.03. The monoisotopic (exact) mass is 297 g/mol. The Morgan fingerprint density at radius 1 is 1.27 bits per heavy atom. The number of benzene rings is 1. The van der Waals surface area contributed by atoms with Crippen molar-refractivity contribution in [1.29, 1.82) is 0 Å². The molecule has 0 unspecified atom stereocenters. The van der Waals surface area contributed by atoms with E-state index in [4.69, 9.17) is 5.73 Å². The standard InChI is InChI=1S/C16H16FN5/c1-11(18)20-9-15-13-6-4-8-19-16(13)22(21-15)10-12-5-2-3-7-14(12)17/h2-8H,9-10H2,1H3,(H2,18,20). The average molecular weight is 297 g/mol. The predicted octanol–water partition coefficient (Wildman–Crippen LogP) is 2.50. The van der Waals surface area contributed by atoms with Crippen LogP contribution in [0.4, 0.5) is 4.39 Å². The Morgan fingerprint density at radius 3 is 2.86 bits per heavy atom. The van der Waals surface area contributed by atoms with E-state index in [1.165, 1.54) is 6.07 Å². The van der Waals surface area contributed by atoms with Crippen molar-refractivity contribution in [1.82, 2.24) is 14.8 Å². The quantitative estimate of drug-likeness (QED) is 0.594. The molecule has 2 heterocycles. The highest BCUT2D eigenvalue weighted by Gasteiger charge is 2.12. The molecule has 6 heteroatoms. The van der Waals surface area contributed by atoms with Crippen LogP contribution in [0.1, 0.15) is 18.2 Å². The minimum Gasteiger partial charge on any atom is -0.388 e. The van der Waals surface area contributed by atoms with Gasteiger partial charge < -0.3 is 5.73 Å². The van der Waals surface area contributed by atoms with Crippen molar-refractivity contribution in [2.24, 2.45) is 10.7 Å². The van der Waals surface area contributed by atoms with Crippen LogP contribution in [0.25, 0.3) is 11.0 Å². The molecule has 0 bridgehead atoms. The van der Waals surface area contributed by atoms with Crippen molar-refractivity contribution in [2.75, 3.05) is 0 Å². The fraction of sp³-hybridized carbons (Fsp3) is 0.188. The summed E-state index contributed by atoms with van der Waals surface area (Å²) in [6.45, 7) is 2.44. The Balaban J connectivity index is 2.03. The molecule has 3 aromatic rings. The fourth-order valence-corrected chi connectivity index (χ4v) is 2.29. The molecule has 3 rings (SSSR count). The smallest absolute Gasteiger partial charge is 0.158 e. The van der Waals surface area contributed by atoms with E-state index in [-0.39, 0.29) is 5.82 Å². The van der Waals surface area contributed by atoms with Gasteiger partial charge in [0.05, 0.1) is 24.6 Å². The van der Waals surface area contributed by atoms with Gasteiger partial charge in [0.25, 0.3) is 0 Å². The number of nitrogens with two attached hydrogens (primary N) is 1. The maximum atomic E-state index is 13.8. The number of hydrogen-bond acceptors (Lipinski definition) is 3. The highest BCUT2D eigenvalue weighted by molar-refractivity contribution is 5.80. The lowest BCUT2D eigenvalue weighted by atomic mass is 10.2. The molecule has 0 saturated carbocycles. The summed E-state index contributed by atoms with van der Waals surface area (Å²) >= 11 is 0. The van der Waals surface area contributed by atoms with Crippen LogP contribution in [0, 0.1) is 5.82 Å².